The van der Waals surface area contributed by atoms with Crippen LogP contribution in [0.2, 0.25) is 0 Å². The number of hydrogen-bond acceptors (Lipinski definition) is 1. The van der Waals surface area contributed by atoms with Gasteiger partial charge >= 0.3 is 0 Å². The average molecular weight is 226 g/mol. The molecule has 0 bridgehead atoms. The van der Waals surface area contributed by atoms with E-state index in [-0.39, 0.29) is 0 Å². The Morgan fingerprint density at radius 3 is 2.06 bits per heavy atom. The van der Waals surface area contributed by atoms with E-state index >= 15 is 0 Å². The summed E-state index contributed by atoms with van der Waals surface area (Å²) in [5.74, 6) is 1.63. The third-order valence-corrected chi connectivity index (χ3v) is 2.28. The van der Waals surface area contributed by atoms with E-state index in [0.717, 1.165) is 22.6 Å². The van der Waals surface area contributed by atoms with E-state index in [9.17, 15) is 0 Å². The topological polar surface area (TPSA) is 13.1 Å². The summed E-state index contributed by atoms with van der Waals surface area (Å²) in [4.78, 5) is 0. The Morgan fingerprint density at radius 2 is 1.53 bits per heavy atom. The van der Waals surface area contributed by atoms with Gasteiger partial charge in [0.1, 0.15) is 11.5 Å². The highest BCUT2D eigenvalue weighted by Crippen LogP contribution is 2.28. The molecule has 1 rings (SSSR count). The smallest absolute Gasteiger partial charge is 0.135 e. The average Bonchev–Trinajstić information content (AvgIpc) is 2.66. The number of rotatable bonds is 5. The Balaban J connectivity index is 3.45. The monoisotopic (exact) mass is 226 g/mol. The van der Waals surface area contributed by atoms with Crippen molar-refractivity contribution in [3.8, 4) is 0 Å². The lowest BCUT2D eigenvalue weighted by molar-refractivity contribution is 0.546. The van der Waals surface area contributed by atoms with Crippen LogP contribution in [0, 0.1) is 0 Å². The molecule has 0 atom stereocenters. The Labute approximate surface area is 103 Å². The minimum atomic E-state index is 0.782. The first-order valence-electron chi connectivity index (χ1n) is 5.62. The van der Waals surface area contributed by atoms with Crippen molar-refractivity contribution in [1.29, 1.82) is 0 Å². The Kier molecular flexibility index (Phi) is 5.02. The van der Waals surface area contributed by atoms with Crippen molar-refractivity contribution >= 4 is 24.3 Å². The lowest BCUT2D eigenvalue weighted by atomic mass is 10.1. The molecular weight excluding hydrogens is 208 g/mol. The number of allylic oxidation sites excluding steroid dienone is 4. The van der Waals surface area contributed by atoms with Gasteiger partial charge in [0.25, 0.3) is 0 Å². The largest absolute Gasteiger partial charge is 0.456 e. The quantitative estimate of drug-likeness (QED) is 0.630. The van der Waals surface area contributed by atoms with E-state index in [2.05, 4.69) is 13.2 Å². The minimum absolute atomic E-state index is 0.782. The standard InChI is InChI=1S/C16H18O/c1-5-9-12-14-13(10-6-2)16(11-7-3)17-15(14)8-4/h5-12H,1,4H2,2-3H3/b10-6-,11-7-,12-9-. The van der Waals surface area contributed by atoms with Gasteiger partial charge in [-0.3, -0.25) is 0 Å². The van der Waals surface area contributed by atoms with Crippen molar-refractivity contribution in [3.05, 3.63) is 60.1 Å². The molecule has 1 nitrogen and oxygen atoms in total. The van der Waals surface area contributed by atoms with Crippen LogP contribution in [0.25, 0.3) is 24.3 Å². The summed E-state index contributed by atoms with van der Waals surface area (Å²) in [5, 5.41) is 0. The maximum Gasteiger partial charge on any atom is 0.135 e. The lowest BCUT2D eigenvalue weighted by Gasteiger charge is -1.93. The van der Waals surface area contributed by atoms with Crippen LogP contribution in [0.4, 0.5) is 0 Å². The highest BCUT2D eigenvalue weighted by atomic mass is 16.3. The van der Waals surface area contributed by atoms with E-state index in [1.165, 1.54) is 0 Å². The highest BCUT2D eigenvalue weighted by molar-refractivity contribution is 5.77. The molecule has 0 N–H and O–H groups in total. The summed E-state index contributed by atoms with van der Waals surface area (Å²) in [6.07, 6.45) is 15.3. The van der Waals surface area contributed by atoms with Crippen molar-refractivity contribution in [1.82, 2.24) is 0 Å². The molecule has 0 aliphatic carbocycles. The van der Waals surface area contributed by atoms with Crippen LogP contribution in [0.5, 0.6) is 0 Å². The third kappa shape index (κ3) is 2.97. The third-order valence-electron chi connectivity index (χ3n) is 2.28. The molecule has 1 heteroatoms. The van der Waals surface area contributed by atoms with Crippen molar-refractivity contribution < 1.29 is 4.42 Å². The first-order valence-corrected chi connectivity index (χ1v) is 5.62. The van der Waals surface area contributed by atoms with Gasteiger partial charge in [0.15, 0.2) is 0 Å². The van der Waals surface area contributed by atoms with Crippen molar-refractivity contribution in [2.24, 2.45) is 0 Å². The van der Waals surface area contributed by atoms with Gasteiger partial charge in [-0.05, 0) is 26.0 Å². The molecule has 0 spiro atoms. The highest BCUT2D eigenvalue weighted by Gasteiger charge is 2.11. The molecule has 0 radical (unpaired) electrons. The molecule has 0 saturated heterocycles. The van der Waals surface area contributed by atoms with Crippen molar-refractivity contribution in [2.45, 2.75) is 13.8 Å². The SMILES string of the molecule is C=C/C=C\c1c(C=C)oc(/C=C\C)c1/C=C\C. The summed E-state index contributed by atoms with van der Waals surface area (Å²) in [7, 11) is 0. The fourth-order valence-corrected chi connectivity index (χ4v) is 1.60. The molecule has 1 aromatic rings. The second kappa shape index (κ2) is 6.54. The Hall–Kier alpha value is -2.02. The van der Waals surface area contributed by atoms with Crippen LogP contribution in [0.1, 0.15) is 36.5 Å². The molecule has 1 aromatic heterocycles. The van der Waals surface area contributed by atoms with Gasteiger partial charge in [0.2, 0.25) is 0 Å². The van der Waals surface area contributed by atoms with E-state index in [4.69, 9.17) is 4.42 Å². The fraction of sp³-hybridized carbons (Fsp3) is 0.125. The first-order chi connectivity index (χ1) is 8.28. The van der Waals surface area contributed by atoms with Crippen LogP contribution >= 0.6 is 0 Å². The summed E-state index contributed by atoms with van der Waals surface area (Å²) in [6, 6.07) is 0. The zero-order valence-electron chi connectivity index (χ0n) is 10.4. The predicted octanol–water partition coefficient (Wildman–Crippen LogP) is 5.19. The molecule has 0 saturated carbocycles. The molecule has 0 amide bonds. The van der Waals surface area contributed by atoms with Gasteiger partial charge in [0.05, 0.1) is 0 Å². The molecule has 17 heavy (non-hydrogen) atoms. The van der Waals surface area contributed by atoms with Gasteiger partial charge < -0.3 is 4.42 Å². The first kappa shape index (κ1) is 13.0. The zero-order chi connectivity index (χ0) is 12.7. The normalized spacial score (nSPS) is 11.9. The van der Waals surface area contributed by atoms with Gasteiger partial charge in [0, 0.05) is 11.1 Å². The van der Waals surface area contributed by atoms with Crippen molar-refractivity contribution in [3.63, 3.8) is 0 Å². The van der Waals surface area contributed by atoms with Gasteiger partial charge in [-0.2, -0.15) is 0 Å². The second-order valence-corrected chi connectivity index (χ2v) is 3.46. The second-order valence-electron chi connectivity index (χ2n) is 3.46. The Bertz CT molecular complexity index is 482. The summed E-state index contributed by atoms with van der Waals surface area (Å²) in [6.45, 7) is 11.4. The molecule has 0 unspecified atom stereocenters. The van der Waals surface area contributed by atoms with E-state index in [1.807, 2.05) is 50.3 Å². The zero-order valence-corrected chi connectivity index (χ0v) is 10.4. The Morgan fingerprint density at radius 1 is 0.882 bits per heavy atom. The molecule has 88 valence electrons. The number of furan rings is 1. The predicted molar refractivity (Wildman–Crippen MR) is 77.4 cm³/mol. The van der Waals surface area contributed by atoms with Gasteiger partial charge in [-0.15, -0.1) is 0 Å². The summed E-state index contributed by atoms with van der Waals surface area (Å²) < 4.78 is 5.74. The molecule has 1 heterocycles. The molecule has 0 aliphatic heterocycles. The van der Waals surface area contributed by atoms with Crippen LogP contribution < -0.4 is 0 Å². The number of hydrogen-bond donors (Lipinski definition) is 0. The maximum atomic E-state index is 5.74. The van der Waals surface area contributed by atoms with Crippen LogP contribution in [-0.4, -0.2) is 0 Å². The van der Waals surface area contributed by atoms with Gasteiger partial charge in [-0.25, -0.2) is 0 Å². The molecule has 0 aliphatic rings. The minimum Gasteiger partial charge on any atom is -0.456 e. The summed E-state index contributed by atoms with van der Waals surface area (Å²) in [5.41, 5.74) is 2.10. The molecule has 0 fully saturated rings. The summed E-state index contributed by atoms with van der Waals surface area (Å²) >= 11 is 0. The van der Waals surface area contributed by atoms with Crippen LogP contribution in [-0.2, 0) is 0 Å². The van der Waals surface area contributed by atoms with Gasteiger partial charge in [-0.1, -0.05) is 49.6 Å². The van der Waals surface area contributed by atoms with E-state index in [1.54, 1.807) is 12.2 Å². The van der Waals surface area contributed by atoms with E-state index in [0.29, 0.717) is 0 Å². The van der Waals surface area contributed by atoms with Crippen molar-refractivity contribution in [2.75, 3.05) is 0 Å². The lowest BCUT2D eigenvalue weighted by Crippen LogP contribution is -1.78. The fourth-order valence-electron chi connectivity index (χ4n) is 1.60. The van der Waals surface area contributed by atoms with Crippen LogP contribution in [0.15, 0.2) is 41.9 Å². The molecule has 0 aromatic carbocycles. The molecular formula is C16H18O. The maximum absolute atomic E-state index is 5.74. The van der Waals surface area contributed by atoms with Crippen LogP contribution in [0.3, 0.4) is 0 Å². The van der Waals surface area contributed by atoms with E-state index < -0.39 is 0 Å².